The predicted octanol–water partition coefficient (Wildman–Crippen LogP) is 4.34. The van der Waals surface area contributed by atoms with Gasteiger partial charge in [-0.25, -0.2) is 4.98 Å². The molecule has 0 saturated heterocycles. The fraction of sp³-hybridized carbons (Fsp3) is 0.706. The average Bonchev–Trinajstić information content (AvgIpc) is 2.75. The van der Waals surface area contributed by atoms with Gasteiger partial charge in [-0.2, -0.15) is 0 Å². The van der Waals surface area contributed by atoms with E-state index in [-0.39, 0.29) is 11.5 Å². The molecule has 3 heteroatoms. The van der Waals surface area contributed by atoms with E-state index in [1.54, 1.807) is 11.3 Å². The third-order valence-corrected chi connectivity index (χ3v) is 4.95. The topological polar surface area (TPSA) is 33.1 Å². The Balaban J connectivity index is 2.00. The van der Waals surface area contributed by atoms with Crippen LogP contribution in [0.4, 0.5) is 0 Å². The van der Waals surface area contributed by atoms with E-state index < -0.39 is 0 Å². The summed E-state index contributed by atoms with van der Waals surface area (Å²) >= 11 is 1.68. The Morgan fingerprint density at radius 3 is 2.70 bits per heavy atom. The third kappa shape index (κ3) is 3.92. The Hall–Kier alpha value is -0.670. The van der Waals surface area contributed by atoms with Crippen molar-refractivity contribution in [3.8, 4) is 0 Å². The summed E-state index contributed by atoms with van der Waals surface area (Å²) in [5, 5.41) is 13.7. The highest BCUT2D eigenvalue weighted by molar-refractivity contribution is 7.09. The molecule has 2 nitrogen and oxygen atoms in total. The Morgan fingerprint density at radius 2 is 2.15 bits per heavy atom. The maximum atomic E-state index is 10.5. The van der Waals surface area contributed by atoms with Crippen molar-refractivity contribution in [3.63, 3.8) is 0 Å². The molecule has 20 heavy (non-hydrogen) atoms. The molecule has 3 atom stereocenters. The fourth-order valence-electron chi connectivity index (χ4n) is 2.98. The van der Waals surface area contributed by atoms with E-state index in [1.807, 2.05) is 0 Å². The van der Waals surface area contributed by atoms with Crippen LogP contribution in [0, 0.1) is 11.8 Å². The number of hydrogen-bond donors (Lipinski definition) is 1. The van der Waals surface area contributed by atoms with Crippen molar-refractivity contribution >= 4 is 11.3 Å². The Morgan fingerprint density at radius 1 is 1.45 bits per heavy atom. The quantitative estimate of drug-likeness (QED) is 0.841. The van der Waals surface area contributed by atoms with Crippen LogP contribution in [-0.4, -0.2) is 16.2 Å². The maximum absolute atomic E-state index is 10.5. The molecule has 3 unspecified atom stereocenters. The van der Waals surface area contributed by atoms with Gasteiger partial charge < -0.3 is 5.11 Å². The highest BCUT2D eigenvalue weighted by Gasteiger charge is 2.26. The second-order valence-corrected chi connectivity index (χ2v) is 8.28. The van der Waals surface area contributed by atoms with E-state index in [2.05, 4.69) is 46.1 Å². The summed E-state index contributed by atoms with van der Waals surface area (Å²) in [5.74, 6) is 0.974. The van der Waals surface area contributed by atoms with E-state index in [4.69, 9.17) is 4.98 Å². The van der Waals surface area contributed by atoms with Crippen molar-refractivity contribution < 1.29 is 5.11 Å². The number of aliphatic hydroxyl groups excluding tert-OH is 1. The second kappa shape index (κ2) is 5.98. The smallest absolute Gasteiger partial charge is 0.0954 e. The molecule has 1 aliphatic rings. The normalized spacial score (nSPS) is 25.4. The Labute approximate surface area is 126 Å². The molecule has 0 aliphatic heterocycles. The monoisotopic (exact) mass is 293 g/mol. The van der Waals surface area contributed by atoms with Crippen LogP contribution < -0.4 is 0 Å². The highest BCUT2D eigenvalue weighted by Crippen LogP contribution is 2.32. The fourth-order valence-corrected chi connectivity index (χ4v) is 4.06. The second-order valence-electron chi connectivity index (χ2n) is 7.34. The number of allylic oxidation sites excluding steroid dienone is 2. The van der Waals surface area contributed by atoms with Gasteiger partial charge in [-0.1, -0.05) is 39.3 Å². The van der Waals surface area contributed by atoms with Crippen molar-refractivity contribution in [2.24, 2.45) is 11.8 Å². The summed E-state index contributed by atoms with van der Waals surface area (Å²) in [6.07, 6.45) is 4.90. The molecule has 0 fully saturated rings. The average molecular weight is 293 g/mol. The number of nitrogens with zero attached hydrogens (tertiary/aromatic N) is 1. The predicted molar refractivity (Wildman–Crippen MR) is 86.2 cm³/mol. The van der Waals surface area contributed by atoms with Crippen LogP contribution in [0.25, 0.3) is 0 Å². The Bertz CT molecular complexity index is 483. The van der Waals surface area contributed by atoms with E-state index in [9.17, 15) is 5.11 Å². The molecule has 1 aromatic rings. The highest BCUT2D eigenvalue weighted by atomic mass is 32.1. The number of aromatic nitrogens is 1. The summed E-state index contributed by atoms with van der Waals surface area (Å²) in [6, 6.07) is 0. The van der Waals surface area contributed by atoms with E-state index in [0.29, 0.717) is 18.3 Å². The molecule has 0 bridgehead atoms. The van der Waals surface area contributed by atoms with E-state index in [1.165, 1.54) is 5.57 Å². The third-order valence-electron chi connectivity index (χ3n) is 4.08. The van der Waals surface area contributed by atoms with Gasteiger partial charge in [-0.3, -0.25) is 0 Å². The molecule has 1 aliphatic carbocycles. The van der Waals surface area contributed by atoms with Crippen LogP contribution in [0.2, 0.25) is 0 Å². The molecule has 0 spiro atoms. The molecule has 1 N–H and O–H groups in total. The molecular formula is C17H27NOS. The summed E-state index contributed by atoms with van der Waals surface area (Å²) in [4.78, 5) is 4.70. The van der Waals surface area contributed by atoms with Crippen molar-refractivity contribution in [1.82, 2.24) is 4.98 Å². The maximum Gasteiger partial charge on any atom is 0.0954 e. The van der Waals surface area contributed by atoms with Gasteiger partial charge in [0, 0.05) is 17.2 Å². The Kier molecular flexibility index (Phi) is 4.70. The summed E-state index contributed by atoms with van der Waals surface area (Å²) in [6.45, 7) is 11.0. The van der Waals surface area contributed by atoms with Crippen LogP contribution in [0.1, 0.15) is 58.2 Å². The minimum absolute atomic E-state index is 0.0956. The minimum atomic E-state index is -0.264. The summed E-state index contributed by atoms with van der Waals surface area (Å²) < 4.78 is 0. The number of thiazole rings is 1. The lowest BCUT2D eigenvalue weighted by molar-refractivity contribution is 0.0931. The lowest BCUT2D eigenvalue weighted by Gasteiger charge is -2.29. The van der Waals surface area contributed by atoms with Crippen molar-refractivity contribution in [3.05, 3.63) is 27.7 Å². The molecule has 1 aromatic heterocycles. The zero-order chi connectivity index (χ0) is 14.9. The van der Waals surface area contributed by atoms with Gasteiger partial charge in [0.15, 0.2) is 0 Å². The van der Waals surface area contributed by atoms with Gasteiger partial charge in [-0.05, 0) is 31.6 Å². The molecule has 1 heterocycles. The van der Waals surface area contributed by atoms with Gasteiger partial charge in [0.25, 0.3) is 0 Å². The molecule has 0 amide bonds. The molecule has 0 radical (unpaired) electrons. The van der Waals surface area contributed by atoms with Crippen molar-refractivity contribution in [2.75, 3.05) is 0 Å². The summed E-state index contributed by atoms with van der Waals surface area (Å²) in [5.41, 5.74) is 2.65. The van der Waals surface area contributed by atoms with Gasteiger partial charge in [0.05, 0.1) is 16.8 Å². The van der Waals surface area contributed by atoms with Gasteiger partial charge in [-0.15, -0.1) is 11.3 Å². The first-order valence-corrected chi connectivity index (χ1v) is 8.44. The van der Waals surface area contributed by atoms with Crippen LogP contribution in [0.15, 0.2) is 17.0 Å². The minimum Gasteiger partial charge on any atom is -0.392 e. The van der Waals surface area contributed by atoms with Crippen LogP contribution in [0.3, 0.4) is 0 Å². The van der Waals surface area contributed by atoms with Gasteiger partial charge in [0.1, 0.15) is 0 Å². The van der Waals surface area contributed by atoms with Gasteiger partial charge >= 0.3 is 0 Å². The first-order valence-electron chi connectivity index (χ1n) is 7.56. The summed E-state index contributed by atoms with van der Waals surface area (Å²) in [7, 11) is 0. The first kappa shape index (κ1) is 15.7. The van der Waals surface area contributed by atoms with E-state index >= 15 is 0 Å². The van der Waals surface area contributed by atoms with Crippen LogP contribution in [-0.2, 0) is 11.8 Å². The number of rotatable bonds is 3. The van der Waals surface area contributed by atoms with Crippen molar-refractivity contribution in [2.45, 2.75) is 65.4 Å². The zero-order valence-electron chi connectivity index (χ0n) is 13.3. The standard InChI is InChI=1S/C17H27NOS/c1-11-6-12(2)8-13(7-11)14(19)9-16-18-15(10-20-16)17(3,4)5/h6,10-11,13-14,19H,7-9H2,1-5H3. The van der Waals surface area contributed by atoms with Crippen LogP contribution >= 0.6 is 11.3 Å². The SMILES string of the molecule is CC1=CC(C)CC(C(O)Cc2nc(C(C)(C)C)cs2)C1. The largest absolute Gasteiger partial charge is 0.392 e. The molecule has 112 valence electrons. The molecule has 2 rings (SSSR count). The van der Waals surface area contributed by atoms with Gasteiger partial charge in [0.2, 0.25) is 0 Å². The molecule has 0 aromatic carbocycles. The number of aliphatic hydroxyl groups is 1. The first-order chi connectivity index (χ1) is 9.25. The lowest BCUT2D eigenvalue weighted by atomic mass is 9.80. The lowest BCUT2D eigenvalue weighted by Crippen LogP contribution is -2.27. The zero-order valence-corrected chi connectivity index (χ0v) is 14.1. The van der Waals surface area contributed by atoms with Crippen molar-refractivity contribution in [1.29, 1.82) is 0 Å². The van der Waals surface area contributed by atoms with Crippen LogP contribution in [0.5, 0.6) is 0 Å². The molecule has 0 saturated carbocycles. The number of hydrogen-bond acceptors (Lipinski definition) is 3. The molecular weight excluding hydrogens is 266 g/mol. The van der Waals surface area contributed by atoms with E-state index in [0.717, 1.165) is 23.5 Å².